The number of benzene rings is 1. The molecule has 106 valence electrons. The van der Waals surface area contributed by atoms with E-state index < -0.39 is 5.97 Å². The van der Waals surface area contributed by atoms with E-state index in [1.165, 1.54) is 0 Å². The van der Waals surface area contributed by atoms with Crippen LogP contribution in [0.5, 0.6) is 0 Å². The van der Waals surface area contributed by atoms with E-state index in [0.29, 0.717) is 18.1 Å². The Kier molecular flexibility index (Phi) is 4.62. The van der Waals surface area contributed by atoms with E-state index in [4.69, 9.17) is 5.11 Å². The number of nitrogens with zero attached hydrogens (tertiary/aromatic N) is 2. The molecule has 0 aliphatic rings. The number of carboxylic acid groups (broad SMARTS) is 1. The standard InChI is InChI=1S/C13H15N3O3S/c1-14-11(17)6-7-16-10-5-3-2-4-9(10)15-13(16)20-8-12(18)19/h2-5H,6-8H2,1H3,(H,14,17)(H,18,19). The van der Waals surface area contributed by atoms with Gasteiger partial charge >= 0.3 is 5.97 Å². The van der Waals surface area contributed by atoms with Gasteiger partial charge in [0.05, 0.1) is 16.8 Å². The predicted octanol–water partition coefficient (Wildman–Crippen LogP) is 1.35. The number of aliphatic carboxylic acids is 1. The SMILES string of the molecule is CNC(=O)CCn1c(SCC(=O)O)nc2ccccc21. The van der Waals surface area contributed by atoms with Crippen LogP contribution < -0.4 is 5.32 Å². The molecule has 2 aromatic rings. The average molecular weight is 293 g/mol. The van der Waals surface area contributed by atoms with Crippen molar-refractivity contribution in [1.29, 1.82) is 0 Å². The second-order valence-corrected chi connectivity index (χ2v) is 5.08. The number of rotatable bonds is 6. The first-order valence-electron chi connectivity index (χ1n) is 6.12. The number of carbonyl (C=O) groups excluding carboxylic acids is 1. The fraction of sp³-hybridized carbons (Fsp3) is 0.308. The minimum Gasteiger partial charge on any atom is -0.481 e. The van der Waals surface area contributed by atoms with Crippen LogP contribution in [0.1, 0.15) is 6.42 Å². The van der Waals surface area contributed by atoms with E-state index in [0.717, 1.165) is 22.8 Å². The molecule has 6 nitrogen and oxygen atoms in total. The van der Waals surface area contributed by atoms with Gasteiger partial charge in [0.2, 0.25) is 5.91 Å². The van der Waals surface area contributed by atoms with Gasteiger partial charge in [-0.15, -0.1) is 0 Å². The molecule has 0 radical (unpaired) electrons. The monoisotopic (exact) mass is 293 g/mol. The van der Waals surface area contributed by atoms with Gasteiger partial charge in [0.1, 0.15) is 0 Å². The molecule has 7 heteroatoms. The van der Waals surface area contributed by atoms with Crippen molar-refractivity contribution in [2.45, 2.75) is 18.1 Å². The molecule has 2 rings (SSSR count). The molecule has 1 aromatic carbocycles. The minimum absolute atomic E-state index is 0.0523. The quantitative estimate of drug-likeness (QED) is 0.785. The van der Waals surface area contributed by atoms with Crippen molar-refractivity contribution in [3.8, 4) is 0 Å². The first kappa shape index (κ1) is 14.4. The third-order valence-corrected chi connectivity index (χ3v) is 3.75. The smallest absolute Gasteiger partial charge is 0.313 e. The van der Waals surface area contributed by atoms with Crippen LogP contribution in [0.4, 0.5) is 0 Å². The minimum atomic E-state index is -0.889. The Hall–Kier alpha value is -2.02. The number of carboxylic acids is 1. The molecule has 2 N–H and O–H groups in total. The summed E-state index contributed by atoms with van der Waals surface area (Å²) in [7, 11) is 1.59. The normalized spacial score (nSPS) is 10.7. The van der Waals surface area contributed by atoms with E-state index >= 15 is 0 Å². The summed E-state index contributed by atoms with van der Waals surface area (Å²) in [5.41, 5.74) is 1.71. The fourth-order valence-corrected chi connectivity index (χ4v) is 2.61. The Balaban J connectivity index is 2.29. The van der Waals surface area contributed by atoms with Crippen molar-refractivity contribution in [2.75, 3.05) is 12.8 Å². The number of aromatic nitrogens is 2. The lowest BCUT2D eigenvalue weighted by Gasteiger charge is -2.07. The van der Waals surface area contributed by atoms with Gasteiger partial charge in [-0.1, -0.05) is 23.9 Å². The lowest BCUT2D eigenvalue weighted by atomic mass is 10.3. The number of hydrogen-bond donors (Lipinski definition) is 2. The zero-order valence-corrected chi connectivity index (χ0v) is 11.8. The highest BCUT2D eigenvalue weighted by molar-refractivity contribution is 7.99. The third-order valence-electron chi connectivity index (χ3n) is 2.79. The Morgan fingerprint density at radius 2 is 2.15 bits per heavy atom. The molecule has 0 spiro atoms. The largest absolute Gasteiger partial charge is 0.481 e. The second kappa shape index (κ2) is 6.42. The molecule has 0 aliphatic carbocycles. The molecule has 0 saturated heterocycles. The van der Waals surface area contributed by atoms with Crippen molar-refractivity contribution in [3.63, 3.8) is 0 Å². The predicted molar refractivity (Wildman–Crippen MR) is 76.8 cm³/mol. The number of fused-ring (bicyclic) bond motifs is 1. The van der Waals surface area contributed by atoms with Crippen LogP contribution in [-0.4, -0.2) is 39.3 Å². The van der Waals surface area contributed by atoms with Crippen LogP contribution in [0.25, 0.3) is 11.0 Å². The maximum Gasteiger partial charge on any atom is 0.313 e. The third kappa shape index (κ3) is 3.30. The molecule has 1 heterocycles. The Labute approximate surface area is 120 Å². The van der Waals surface area contributed by atoms with Crippen LogP contribution in [0.15, 0.2) is 29.4 Å². The molecular formula is C13H15N3O3S. The number of amides is 1. The van der Waals surface area contributed by atoms with Crippen LogP contribution in [-0.2, 0) is 16.1 Å². The summed E-state index contributed by atoms with van der Waals surface area (Å²) in [4.78, 5) is 26.5. The maximum absolute atomic E-state index is 11.4. The maximum atomic E-state index is 11.4. The number of hydrogen-bond acceptors (Lipinski definition) is 4. The molecule has 0 fully saturated rings. The van der Waals surface area contributed by atoms with E-state index in [-0.39, 0.29) is 11.7 Å². The Morgan fingerprint density at radius 3 is 2.85 bits per heavy atom. The van der Waals surface area contributed by atoms with Gasteiger partial charge in [0, 0.05) is 20.0 Å². The summed E-state index contributed by atoms with van der Waals surface area (Å²) >= 11 is 1.16. The van der Waals surface area contributed by atoms with Crippen molar-refractivity contribution in [1.82, 2.24) is 14.9 Å². The second-order valence-electron chi connectivity index (χ2n) is 4.14. The number of carbonyl (C=O) groups is 2. The highest BCUT2D eigenvalue weighted by atomic mass is 32.2. The molecule has 0 bridgehead atoms. The highest BCUT2D eigenvalue weighted by Gasteiger charge is 2.13. The summed E-state index contributed by atoms with van der Waals surface area (Å²) in [6, 6.07) is 7.56. The Bertz CT molecular complexity index is 639. The number of thioether (sulfide) groups is 1. The van der Waals surface area contributed by atoms with Crippen LogP contribution >= 0.6 is 11.8 Å². The van der Waals surface area contributed by atoms with Gasteiger partial charge in [-0.3, -0.25) is 9.59 Å². The summed E-state index contributed by atoms with van der Waals surface area (Å²) in [6.45, 7) is 0.474. The summed E-state index contributed by atoms with van der Waals surface area (Å²) in [5.74, 6) is -1.000. The van der Waals surface area contributed by atoms with Gasteiger partial charge < -0.3 is 15.0 Å². The fourth-order valence-electron chi connectivity index (χ4n) is 1.84. The zero-order chi connectivity index (χ0) is 14.5. The van der Waals surface area contributed by atoms with Crippen molar-refractivity contribution in [2.24, 2.45) is 0 Å². The van der Waals surface area contributed by atoms with Gasteiger partial charge in [0.25, 0.3) is 0 Å². The van der Waals surface area contributed by atoms with Crippen LogP contribution in [0.2, 0.25) is 0 Å². The number of aryl methyl sites for hydroxylation is 1. The summed E-state index contributed by atoms with van der Waals surface area (Å²) in [6.07, 6.45) is 0.331. The van der Waals surface area contributed by atoms with Crippen molar-refractivity contribution in [3.05, 3.63) is 24.3 Å². The summed E-state index contributed by atoms with van der Waals surface area (Å²) < 4.78 is 1.89. The highest BCUT2D eigenvalue weighted by Crippen LogP contribution is 2.24. The molecule has 1 aromatic heterocycles. The molecule has 0 saturated carbocycles. The lowest BCUT2D eigenvalue weighted by molar-refractivity contribution is -0.134. The molecular weight excluding hydrogens is 278 g/mol. The van der Waals surface area contributed by atoms with E-state index in [9.17, 15) is 9.59 Å². The number of nitrogens with one attached hydrogen (secondary N) is 1. The van der Waals surface area contributed by atoms with Gasteiger partial charge in [-0.05, 0) is 12.1 Å². The van der Waals surface area contributed by atoms with E-state index in [1.807, 2.05) is 28.8 Å². The molecule has 1 amide bonds. The number of para-hydroxylation sites is 2. The molecule has 0 atom stereocenters. The van der Waals surface area contributed by atoms with Crippen molar-refractivity contribution < 1.29 is 14.7 Å². The van der Waals surface area contributed by atoms with Crippen LogP contribution in [0, 0.1) is 0 Å². The first-order chi connectivity index (χ1) is 9.61. The van der Waals surface area contributed by atoms with Crippen molar-refractivity contribution >= 4 is 34.7 Å². The van der Waals surface area contributed by atoms with Gasteiger partial charge in [-0.25, -0.2) is 4.98 Å². The molecule has 20 heavy (non-hydrogen) atoms. The molecule has 0 aliphatic heterocycles. The topological polar surface area (TPSA) is 84.2 Å². The average Bonchev–Trinajstić information content (AvgIpc) is 2.80. The molecule has 0 unspecified atom stereocenters. The lowest BCUT2D eigenvalue weighted by Crippen LogP contribution is -2.19. The van der Waals surface area contributed by atoms with Gasteiger partial charge in [0.15, 0.2) is 5.16 Å². The number of imidazole rings is 1. The van der Waals surface area contributed by atoms with Crippen LogP contribution in [0.3, 0.4) is 0 Å². The zero-order valence-electron chi connectivity index (χ0n) is 11.0. The first-order valence-corrected chi connectivity index (χ1v) is 7.11. The van der Waals surface area contributed by atoms with Gasteiger partial charge in [-0.2, -0.15) is 0 Å². The van der Waals surface area contributed by atoms with E-state index in [1.54, 1.807) is 7.05 Å². The van der Waals surface area contributed by atoms with E-state index in [2.05, 4.69) is 10.3 Å². The summed E-state index contributed by atoms with van der Waals surface area (Å²) in [5, 5.41) is 12.0. The Morgan fingerprint density at radius 1 is 1.40 bits per heavy atom.